The minimum Gasteiger partial charge on any atom is -0.458 e. The molecule has 0 aliphatic heterocycles. The highest BCUT2D eigenvalue weighted by Gasteiger charge is 2.26. The zero-order valence-electron chi connectivity index (χ0n) is 24.3. The highest BCUT2D eigenvalue weighted by molar-refractivity contribution is 8.13. The van der Waals surface area contributed by atoms with E-state index in [4.69, 9.17) is 23.7 Å². The zero-order chi connectivity index (χ0) is 30.4. The first kappa shape index (κ1) is 30.5. The van der Waals surface area contributed by atoms with E-state index in [-0.39, 0.29) is 37.2 Å². The molecule has 0 radical (unpaired) electrons. The first-order chi connectivity index (χ1) is 20.2. The van der Waals surface area contributed by atoms with E-state index in [1.807, 2.05) is 60.5 Å². The number of rotatable bonds is 9. The lowest BCUT2D eigenvalue weighted by molar-refractivity contribution is 0.102. The largest absolute Gasteiger partial charge is 0.513 e. The number of thioether (sulfide) groups is 1. The van der Waals surface area contributed by atoms with Crippen molar-refractivity contribution in [3.8, 4) is 28.4 Å². The van der Waals surface area contributed by atoms with Gasteiger partial charge in [-0.2, -0.15) is 0 Å². The minimum absolute atomic E-state index is 0.0613. The summed E-state index contributed by atoms with van der Waals surface area (Å²) >= 11 is 0.842. The third kappa shape index (κ3) is 6.54. The van der Waals surface area contributed by atoms with Crippen LogP contribution in [0.15, 0.2) is 53.9 Å². The van der Waals surface area contributed by atoms with Crippen molar-refractivity contribution in [3.05, 3.63) is 54.4 Å². The summed E-state index contributed by atoms with van der Waals surface area (Å²) in [7, 11) is 1.94. The molecule has 0 spiro atoms. The summed E-state index contributed by atoms with van der Waals surface area (Å²) in [6.07, 6.45) is 1.71. The van der Waals surface area contributed by atoms with Gasteiger partial charge in [0.25, 0.3) is 0 Å². The van der Waals surface area contributed by atoms with Gasteiger partial charge in [-0.3, -0.25) is 4.57 Å². The molecule has 0 fully saturated rings. The van der Waals surface area contributed by atoms with Crippen LogP contribution < -0.4 is 9.47 Å². The second-order valence-corrected chi connectivity index (χ2v) is 10.2. The van der Waals surface area contributed by atoms with E-state index >= 15 is 0 Å². The number of fused-ring (bicyclic) bond motifs is 1. The fraction of sp³-hybridized carbons (Fsp3) is 0.333. The van der Waals surface area contributed by atoms with Crippen molar-refractivity contribution in [1.82, 2.24) is 14.1 Å². The van der Waals surface area contributed by atoms with Crippen molar-refractivity contribution >= 4 is 40.3 Å². The summed E-state index contributed by atoms with van der Waals surface area (Å²) in [5.41, 5.74) is 3.33. The Morgan fingerprint density at radius 1 is 0.905 bits per heavy atom. The Bertz CT molecular complexity index is 1610. The molecule has 4 aromatic rings. The average Bonchev–Trinajstić information content (AvgIpc) is 3.52. The van der Waals surface area contributed by atoms with Crippen LogP contribution in [0.3, 0.4) is 0 Å². The number of hydrogen-bond acceptors (Lipinski definition) is 10. The van der Waals surface area contributed by atoms with E-state index in [9.17, 15) is 14.4 Å². The van der Waals surface area contributed by atoms with E-state index in [2.05, 4.69) is 4.98 Å². The highest BCUT2D eigenvalue weighted by atomic mass is 32.2. The third-order valence-corrected chi connectivity index (χ3v) is 6.99. The van der Waals surface area contributed by atoms with E-state index in [0.29, 0.717) is 22.0 Å². The Hall–Kier alpha value is -4.45. The summed E-state index contributed by atoms with van der Waals surface area (Å²) < 4.78 is 30.1. The molecule has 0 amide bonds. The highest BCUT2D eigenvalue weighted by Crippen LogP contribution is 2.42. The normalized spacial score (nSPS) is 11.0. The number of carbonyl (C=O) groups excluding carboxylic acids is 3. The molecule has 4 rings (SSSR count). The molecule has 0 saturated heterocycles. The van der Waals surface area contributed by atoms with Crippen LogP contribution in [0.4, 0.5) is 14.4 Å². The molecule has 11 nitrogen and oxygen atoms in total. The van der Waals surface area contributed by atoms with Gasteiger partial charge in [0.15, 0.2) is 5.16 Å². The van der Waals surface area contributed by atoms with Gasteiger partial charge in [-0.25, -0.2) is 19.4 Å². The Morgan fingerprint density at radius 3 is 2.21 bits per heavy atom. The summed E-state index contributed by atoms with van der Waals surface area (Å²) in [4.78, 5) is 41.9. The molecule has 0 atom stereocenters. The van der Waals surface area contributed by atoms with Gasteiger partial charge in [-0.15, -0.1) is 0 Å². The minimum atomic E-state index is -0.935. The summed E-state index contributed by atoms with van der Waals surface area (Å²) in [5.74, 6) is 0.127. The standard InChI is InChI=1S/C30H33N3O8S/c1-7-37-28(34)40-25-16-26(41-29(35)38-8-2)21(15-20(25)18(4)5)24-17-31-27(42-30(36)39-9-3)33(24)23-12-10-11-22-19(23)13-14-32(22)6/h10-18H,7-9H2,1-6H3. The van der Waals surface area contributed by atoms with Gasteiger partial charge in [0.05, 0.1) is 37.4 Å². The lowest BCUT2D eigenvalue weighted by Gasteiger charge is -2.19. The average molecular weight is 596 g/mol. The first-order valence-corrected chi connectivity index (χ1v) is 14.3. The zero-order valence-corrected chi connectivity index (χ0v) is 25.1. The van der Waals surface area contributed by atoms with Gasteiger partial charge in [0.1, 0.15) is 11.5 Å². The number of aryl methyl sites for hydroxylation is 1. The van der Waals surface area contributed by atoms with Crippen LogP contribution in [0.5, 0.6) is 11.5 Å². The van der Waals surface area contributed by atoms with Crippen molar-refractivity contribution in [2.75, 3.05) is 19.8 Å². The topological polar surface area (TPSA) is 120 Å². The molecule has 0 aliphatic rings. The predicted octanol–water partition coefficient (Wildman–Crippen LogP) is 7.47. The van der Waals surface area contributed by atoms with Crippen LogP contribution in [0.2, 0.25) is 0 Å². The van der Waals surface area contributed by atoms with Crippen LogP contribution in [-0.2, 0) is 21.3 Å². The number of aromatic nitrogens is 3. The predicted molar refractivity (Wildman–Crippen MR) is 158 cm³/mol. The number of ether oxygens (including phenoxy) is 5. The Kier molecular flexibility index (Phi) is 9.79. The maximum atomic E-state index is 12.6. The van der Waals surface area contributed by atoms with Gasteiger partial charge in [-0.1, -0.05) is 19.9 Å². The maximum Gasteiger partial charge on any atom is 0.513 e. The molecule has 2 aromatic heterocycles. The molecule has 222 valence electrons. The smallest absolute Gasteiger partial charge is 0.458 e. The number of imidazole rings is 1. The Labute approximate surface area is 247 Å². The van der Waals surface area contributed by atoms with Gasteiger partial charge in [0, 0.05) is 47.5 Å². The summed E-state index contributed by atoms with van der Waals surface area (Å²) in [5, 5.41) is 0.740. The molecule has 0 aliphatic carbocycles. The lowest BCUT2D eigenvalue weighted by atomic mass is 9.97. The molecule has 2 heterocycles. The number of hydrogen-bond donors (Lipinski definition) is 0. The van der Waals surface area contributed by atoms with Gasteiger partial charge in [0.2, 0.25) is 0 Å². The first-order valence-electron chi connectivity index (χ1n) is 13.5. The van der Waals surface area contributed by atoms with Crippen molar-refractivity contribution in [1.29, 1.82) is 0 Å². The lowest BCUT2D eigenvalue weighted by Crippen LogP contribution is -2.14. The van der Waals surface area contributed by atoms with Crippen LogP contribution in [0.1, 0.15) is 46.1 Å². The van der Waals surface area contributed by atoms with E-state index in [1.165, 1.54) is 6.07 Å². The fourth-order valence-corrected chi connectivity index (χ4v) is 5.13. The van der Waals surface area contributed by atoms with Crippen molar-refractivity contribution in [3.63, 3.8) is 0 Å². The molecule has 0 saturated carbocycles. The van der Waals surface area contributed by atoms with E-state index < -0.39 is 17.6 Å². The summed E-state index contributed by atoms with van der Waals surface area (Å²) in [6.45, 7) is 9.37. The fourth-order valence-electron chi connectivity index (χ4n) is 4.41. The molecule has 0 unspecified atom stereocenters. The molecular weight excluding hydrogens is 562 g/mol. The quantitative estimate of drug-likeness (QED) is 0.0833. The van der Waals surface area contributed by atoms with Crippen LogP contribution >= 0.6 is 11.8 Å². The van der Waals surface area contributed by atoms with Crippen molar-refractivity contribution < 1.29 is 38.1 Å². The molecule has 12 heteroatoms. The number of benzene rings is 2. The third-order valence-electron chi connectivity index (χ3n) is 6.23. The van der Waals surface area contributed by atoms with Crippen LogP contribution in [0.25, 0.3) is 27.8 Å². The van der Waals surface area contributed by atoms with Gasteiger partial charge in [-0.05, 0) is 56.5 Å². The van der Waals surface area contributed by atoms with Gasteiger partial charge < -0.3 is 28.3 Å². The van der Waals surface area contributed by atoms with E-state index in [1.54, 1.807) is 33.0 Å². The second-order valence-electron chi connectivity index (χ2n) is 9.29. The second kappa shape index (κ2) is 13.5. The van der Waals surface area contributed by atoms with E-state index in [0.717, 1.165) is 28.4 Å². The SMILES string of the molecule is CCOC(=O)Oc1cc(OC(=O)OCC)c(C(C)C)cc1-c1cnc(SC(=O)OCC)n1-c1cccc2c1ccn2C. The van der Waals surface area contributed by atoms with Crippen molar-refractivity contribution in [2.45, 2.75) is 45.7 Å². The maximum absolute atomic E-state index is 12.6. The molecule has 2 aromatic carbocycles. The molecule has 42 heavy (non-hydrogen) atoms. The molecular formula is C30H33N3O8S. The Balaban J connectivity index is 2.00. The van der Waals surface area contributed by atoms with Gasteiger partial charge >= 0.3 is 17.6 Å². The number of nitrogens with zero attached hydrogens (tertiary/aromatic N) is 3. The summed E-state index contributed by atoms with van der Waals surface area (Å²) in [6, 6.07) is 11.0. The number of carbonyl (C=O) groups is 3. The van der Waals surface area contributed by atoms with Crippen LogP contribution in [-0.4, -0.2) is 51.6 Å². The monoisotopic (exact) mass is 595 g/mol. The van der Waals surface area contributed by atoms with Crippen LogP contribution in [0, 0.1) is 0 Å². The van der Waals surface area contributed by atoms with Crippen molar-refractivity contribution in [2.24, 2.45) is 7.05 Å². The molecule has 0 N–H and O–H groups in total. The molecule has 0 bridgehead atoms. The Morgan fingerprint density at radius 2 is 1.57 bits per heavy atom.